The highest BCUT2D eigenvalue weighted by Crippen LogP contribution is 2.34. The summed E-state index contributed by atoms with van der Waals surface area (Å²) in [6, 6.07) is 11.8. The van der Waals surface area contributed by atoms with Crippen molar-refractivity contribution in [3.63, 3.8) is 0 Å². The highest BCUT2D eigenvalue weighted by atomic mass is 32.1. The lowest BCUT2D eigenvalue weighted by Crippen LogP contribution is -2.48. The maximum absolute atomic E-state index is 13.5. The van der Waals surface area contributed by atoms with Crippen LogP contribution in [0.15, 0.2) is 54.4 Å². The average molecular weight is 471 g/mol. The third-order valence-electron chi connectivity index (χ3n) is 6.15. The largest absolute Gasteiger partial charge is 0.491 e. The Hall–Kier alpha value is -2.19. The Morgan fingerprint density at radius 2 is 2.12 bits per heavy atom. The molecule has 1 saturated carbocycles. The number of amides is 1. The second-order valence-electron chi connectivity index (χ2n) is 8.89. The summed E-state index contributed by atoms with van der Waals surface area (Å²) in [5.41, 5.74) is 1.20. The van der Waals surface area contributed by atoms with E-state index in [1.165, 1.54) is 23.3 Å². The number of carbonyl (C=O) groups excluding carboxylic acids is 1. The van der Waals surface area contributed by atoms with Crippen LogP contribution >= 0.6 is 11.3 Å². The topological polar surface area (TPSA) is 62.2 Å². The molecule has 1 N–H and O–H groups in total. The van der Waals surface area contributed by atoms with Crippen LogP contribution in [0.4, 0.5) is 0 Å². The Morgan fingerprint density at radius 1 is 1.30 bits per heavy atom. The molecule has 1 aliphatic heterocycles. The van der Waals surface area contributed by atoms with Crippen LogP contribution in [0.25, 0.3) is 0 Å². The molecule has 1 aromatic heterocycles. The van der Waals surface area contributed by atoms with Gasteiger partial charge in [0.1, 0.15) is 12.4 Å². The number of rotatable bonds is 13. The summed E-state index contributed by atoms with van der Waals surface area (Å²) >= 11 is 1.76. The molecule has 33 heavy (non-hydrogen) atoms. The van der Waals surface area contributed by atoms with Crippen molar-refractivity contribution in [2.24, 2.45) is 5.92 Å². The molecule has 0 spiro atoms. The molecule has 0 bridgehead atoms. The van der Waals surface area contributed by atoms with E-state index in [0.29, 0.717) is 38.8 Å². The van der Waals surface area contributed by atoms with Crippen molar-refractivity contribution >= 4 is 17.2 Å². The zero-order valence-electron chi connectivity index (χ0n) is 19.1. The summed E-state index contributed by atoms with van der Waals surface area (Å²) < 4.78 is 11.5. The van der Waals surface area contributed by atoms with E-state index < -0.39 is 6.10 Å². The van der Waals surface area contributed by atoms with Gasteiger partial charge in [-0.05, 0) is 54.3 Å². The second-order valence-corrected chi connectivity index (χ2v) is 9.89. The van der Waals surface area contributed by atoms with Gasteiger partial charge in [-0.2, -0.15) is 0 Å². The molecule has 2 heterocycles. The van der Waals surface area contributed by atoms with Crippen LogP contribution in [0.3, 0.4) is 0 Å². The van der Waals surface area contributed by atoms with Gasteiger partial charge >= 0.3 is 0 Å². The van der Waals surface area contributed by atoms with Gasteiger partial charge in [-0.15, -0.1) is 17.9 Å². The number of ether oxygens (including phenoxy) is 2. The Kier molecular flexibility index (Phi) is 8.56. The number of fused-ring (bicyclic) bond motifs is 1. The van der Waals surface area contributed by atoms with Crippen LogP contribution in [0, 0.1) is 5.92 Å². The van der Waals surface area contributed by atoms with Gasteiger partial charge in [0, 0.05) is 24.5 Å². The minimum absolute atomic E-state index is 0.0911. The molecule has 2 aromatic rings. The van der Waals surface area contributed by atoms with E-state index in [-0.39, 0.29) is 18.6 Å². The number of thiophene rings is 1. The first-order valence-electron chi connectivity index (χ1n) is 11.8. The SMILES string of the molecule is C=CCOC[C@@H](O)CN(CC(=O)N1CCc2sccc2[C@@H]1COc1ccccc1)CC1CC1. The molecule has 7 heteroatoms. The normalized spacial score (nSPS) is 18.7. The van der Waals surface area contributed by atoms with Gasteiger partial charge in [0.05, 0.1) is 31.9 Å². The van der Waals surface area contributed by atoms with Crippen LogP contribution in [0.1, 0.15) is 29.3 Å². The Bertz CT molecular complexity index is 899. The predicted octanol–water partition coefficient (Wildman–Crippen LogP) is 3.53. The smallest absolute Gasteiger partial charge is 0.237 e. The first kappa shape index (κ1) is 24.0. The molecule has 1 amide bonds. The number of nitrogens with zero attached hydrogens (tertiary/aromatic N) is 2. The molecule has 1 aliphatic carbocycles. The Labute approximate surface area is 200 Å². The fraction of sp³-hybridized carbons (Fsp3) is 0.500. The highest BCUT2D eigenvalue weighted by Gasteiger charge is 2.34. The van der Waals surface area contributed by atoms with Crippen molar-refractivity contribution in [2.45, 2.75) is 31.4 Å². The van der Waals surface area contributed by atoms with Gasteiger partial charge in [-0.25, -0.2) is 0 Å². The summed E-state index contributed by atoms with van der Waals surface area (Å²) in [6.07, 6.45) is 4.32. The van der Waals surface area contributed by atoms with Crippen molar-refractivity contribution in [2.75, 3.05) is 46.0 Å². The lowest BCUT2D eigenvalue weighted by Gasteiger charge is -2.37. The van der Waals surface area contributed by atoms with E-state index in [0.717, 1.165) is 18.7 Å². The summed E-state index contributed by atoms with van der Waals surface area (Å²) in [6.45, 7) is 6.99. The quantitative estimate of drug-likeness (QED) is 0.359. The van der Waals surface area contributed by atoms with E-state index in [1.54, 1.807) is 17.4 Å². The number of carbonyl (C=O) groups is 1. The minimum atomic E-state index is -0.626. The zero-order valence-corrected chi connectivity index (χ0v) is 19.9. The molecular weight excluding hydrogens is 436 g/mol. The van der Waals surface area contributed by atoms with E-state index in [2.05, 4.69) is 22.9 Å². The van der Waals surface area contributed by atoms with Gasteiger partial charge in [-0.1, -0.05) is 24.3 Å². The van der Waals surface area contributed by atoms with Gasteiger partial charge < -0.3 is 19.5 Å². The molecule has 0 unspecified atom stereocenters. The van der Waals surface area contributed by atoms with E-state index in [9.17, 15) is 9.90 Å². The van der Waals surface area contributed by atoms with Crippen molar-refractivity contribution < 1.29 is 19.4 Å². The molecule has 6 nitrogen and oxygen atoms in total. The third kappa shape index (κ3) is 6.90. The summed E-state index contributed by atoms with van der Waals surface area (Å²) in [5, 5.41) is 12.5. The molecule has 1 fully saturated rings. The molecule has 0 radical (unpaired) electrons. The maximum atomic E-state index is 13.5. The van der Waals surface area contributed by atoms with Gasteiger partial charge in [-0.3, -0.25) is 9.69 Å². The number of benzene rings is 1. The van der Waals surface area contributed by atoms with Crippen molar-refractivity contribution in [1.29, 1.82) is 0 Å². The number of aliphatic hydroxyl groups is 1. The minimum Gasteiger partial charge on any atom is -0.491 e. The van der Waals surface area contributed by atoms with Crippen molar-refractivity contribution in [1.82, 2.24) is 9.80 Å². The number of para-hydroxylation sites is 1. The third-order valence-corrected chi connectivity index (χ3v) is 7.15. The molecule has 0 saturated heterocycles. The molecule has 4 rings (SSSR count). The molecule has 1 aromatic carbocycles. The van der Waals surface area contributed by atoms with Crippen molar-refractivity contribution in [3.8, 4) is 5.75 Å². The maximum Gasteiger partial charge on any atom is 0.237 e. The van der Waals surface area contributed by atoms with Gasteiger partial charge in [0.2, 0.25) is 5.91 Å². The van der Waals surface area contributed by atoms with Gasteiger partial charge in [0.15, 0.2) is 0 Å². The fourth-order valence-corrected chi connectivity index (χ4v) is 5.28. The fourth-order valence-electron chi connectivity index (χ4n) is 4.36. The van der Waals surface area contributed by atoms with Crippen LogP contribution in [-0.2, 0) is 16.0 Å². The van der Waals surface area contributed by atoms with E-state index >= 15 is 0 Å². The van der Waals surface area contributed by atoms with Crippen LogP contribution in [0.5, 0.6) is 5.75 Å². The summed E-state index contributed by atoms with van der Waals surface area (Å²) in [7, 11) is 0. The summed E-state index contributed by atoms with van der Waals surface area (Å²) in [5.74, 6) is 1.53. The standard InChI is InChI=1S/C26H34N2O4S/c1-2-13-31-18-21(29)16-27(15-20-8-9-20)17-26(30)28-12-10-25-23(11-14-33-25)24(28)19-32-22-6-4-3-5-7-22/h2-7,11,14,20-21,24,29H,1,8-10,12-13,15-19H2/t21-,24-/m0/s1. The number of hydrogen-bond acceptors (Lipinski definition) is 6. The first-order chi connectivity index (χ1) is 16.1. The number of aliphatic hydroxyl groups excluding tert-OH is 1. The summed E-state index contributed by atoms with van der Waals surface area (Å²) in [4.78, 5) is 18.9. The first-order valence-corrected chi connectivity index (χ1v) is 12.6. The lowest BCUT2D eigenvalue weighted by atomic mass is 10.0. The Morgan fingerprint density at radius 3 is 2.88 bits per heavy atom. The monoisotopic (exact) mass is 470 g/mol. The average Bonchev–Trinajstić information content (AvgIpc) is 3.50. The zero-order chi connectivity index (χ0) is 23.0. The van der Waals surface area contributed by atoms with E-state index in [1.807, 2.05) is 35.2 Å². The second kappa shape index (κ2) is 11.8. The molecule has 178 valence electrons. The van der Waals surface area contributed by atoms with Crippen LogP contribution < -0.4 is 4.74 Å². The Balaban J connectivity index is 1.41. The highest BCUT2D eigenvalue weighted by molar-refractivity contribution is 7.10. The number of hydrogen-bond donors (Lipinski definition) is 1. The van der Waals surface area contributed by atoms with Crippen LogP contribution in [-0.4, -0.2) is 72.9 Å². The van der Waals surface area contributed by atoms with Crippen molar-refractivity contribution in [3.05, 3.63) is 64.9 Å². The lowest BCUT2D eigenvalue weighted by molar-refractivity contribution is -0.136. The predicted molar refractivity (Wildman–Crippen MR) is 131 cm³/mol. The molecule has 2 atom stereocenters. The molecule has 2 aliphatic rings. The molecular formula is C26H34N2O4S. The van der Waals surface area contributed by atoms with Crippen LogP contribution in [0.2, 0.25) is 0 Å². The van der Waals surface area contributed by atoms with Gasteiger partial charge in [0.25, 0.3) is 0 Å². The van der Waals surface area contributed by atoms with E-state index in [4.69, 9.17) is 9.47 Å².